The molecule has 0 saturated heterocycles. The zero-order chi connectivity index (χ0) is 51.8. The van der Waals surface area contributed by atoms with Crippen molar-refractivity contribution in [3.05, 3.63) is 36.4 Å². The van der Waals surface area contributed by atoms with E-state index in [9.17, 15) is 25.9 Å². The fraction of sp³-hybridized carbons (Fsp3) is 0.800. The molecule has 0 radical (unpaired) electrons. The average molecular weight is 1080 g/mol. The molecule has 0 fully saturated rings. The van der Waals surface area contributed by atoms with E-state index < -0.39 is 20.2 Å². The van der Waals surface area contributed by atoms with Crippen molar-refractivity contribution >= 4 is 80.7 Å². The molecule has 0 aromatic heterocycles. The maximum atomic E-state index is 11.4. The average Bonchev–Trinajstić information content (AvgIpc) is 3.98. The number of hydrogen-bond acceptors (Lipinski definition) is 10. The van der Waals surface area contributed by atoms with Crippen LogP contribution in [-0.2, 0) is 20.2 Å². The topological polar surface area (TPSA) is 163 Å². The second-order valence-electron chi connectivity index (χ2n) is 21.7. The van der Waals surface area contributed by atoms with Crippen LogP contribution >= 0.6 is 0 Å². The molecular weight excluding hydrogens is 977 g/mol. The zero-order valence-corrected chi connectivity index (χ0v) is 50.5. The summed E-state index contributed by atoms with van der Waals surface area (Å²) < 4.78 is 68.6. The predicted octanol–water partition coefficient (Wildman–Crippen LogP) is 18.3. The van der Waals surface area contributed by atoms with Gasteiger partial charge in [-0.2, -0.15) is 0 Å². The molecule has 2 heterocycles. The van der Waals surface area contributed by atoms with Gasteiger partial charge >= 0.3 is 37.7 Å². The third-order valence-corrected chi connectivity index (χ3v) is 16.8. The van der Waals surface area contributed by atoms with Crippen LogP contribution < -0.4 is 21.3 Å². The van der Waals surface area contributed by atoms with Crippen LogP contribution in [0.2, 0.25) is 0 Å². The zero-order valence-electron chi connectivity index (χ0n) is 46.7. The van der Waals surface area contributed by atoms with Crippen LogP contribution in [0.15, 0.2) is 46.2 Å². The molecule has 0 spiro atoms. The van der Waals surface area contributed by atoms with E-state index in [0.717, 1.165) is 25.7 Å². The van der Waals surface area contributed by atoms with Crippen LogP contribution in [0.1, 0.15) is 296 Å². The van der Waals surface area contributed by atoms with Crippen molar-refractivity contribution in [2.24, 2.45) is 0 Å². The van der Waals surface area contributed by atoms with Crippen LogP contribution in [0.3, 0.4) is 0 Å². The van der Waals surface area contributed by atoms with E-state index in [0.29, 0.717) is 22.7 Å². The second kappa shape index (κ2) is 43.7. The molecule has 0 amide bonds. The Morgan fingerprint density at radius 3 is 0.740 bits per heavy atom. The van der Waals surface area contributed by atoms with Gasteiger partial charge in [-0.1, -0.05) is 283 Å². The standard InChI is InChI=1S/2C30H54N2O3S.Ca/c2*1-2-3-4-5-6-7-8-9-10-11-12-13-14-15-16-17-18-19-20-21-22-26-29-31-27-24-23-25-28(30(27)32-29)36(33,34)35;/h2*23-25,29,31-32H,2-22,26H2,1H3,(H,33,34,35);/q;;+2/p-2. The summed E-state index contributed by atoms with van der Waals surface area (Å²) in [5.41, 5.74) is 2.28. The molecule has 13 heteroatoms. The van der Waals surface area contributed by atoms with Crippen molar-refractivity contribution in [3.63, 3.8) is 0 Å². The summed E-state index contributed by atoms with van der Waals surface area (Å²) in [6, 6.07) is 9.59. The number of anilines is 4. The third kappa shape index (κ3) is 32.9. The van der Waals surface area contributed by atoms with Crippen molar-refractivity contribution in [2.45, 2.75) is 318 Å². The first-order valence-electron chi connectivity index (χ1n) is 30.3. The maximum absolute atomic E-state index is 11.4. The van der Waals surface area contributed by atoms with Gasteiger partial charge in [0.25, 0.3) is 0 Å². The molecule has 416 valence electrons. The van der Waals surface area contributed by atoms with Gasteiger partial charge in [0.15, 0.2) is 0 Å². The molecule has 2 aliphatic rings. The minimum Gasteiger partial charge on any atom is -0.744 e. The summed E-state index contributed by atoms with van der Waals surface area (Å²) in [6.45, 7) is 4.57. The van der Waals surface area contributed by atoms with Crippen molar-refractivity contribution in [2.75, 3.05) is 21.3 Å². The van der Waals surface area contributed by atoms with Gasteiger partial charge in [0.2, 0.25) is 0 Å². The van der Waals surface area contributed by atoms with Gasteiger partial charge < -0.3 is 30.4 Å². The van der Waals surface area contributed by atoms with Crippen LogP contribution in [-0.4, -0.2) is 76.0 Å². The number of benzene rings is 2. The van der Waals surface area contributed by atoms with Crippen LogP contribution in [0, 0.1) is 0 Å². The van der Waals surface area contributed by atoms with Gasteiger partial charge in [-0.25, -0.2) is 16.8 Å². The molecule has 0 saturated carbocycles. The Labute approximate surface area is 479 Å². The number of para-hydroxylation sites is 2. The summed E-state index contributed by atoms with van der Waals surface area (Å²) in [6.07, 6.45) is 59.7. The minimum absolute atomic E-state index is 0. The number of hydrogen-bond donors (Lipinski definition) is 4. The Kier molecular flexibility index (Phi) is 40.6. The number of nitrogens with one attached hydrogen (secondary N) is 4. The molecule has 0 aliphatic carbocycles. The summed E-state index contributed by atoms with van der Waals surface area (Å²) in [5, 5.41) is 13.0. The van der Waals surface area contributed by atoms with Gasteiger partial charge in [0.1, 0.15) is 20.2 Å². The Bertz CT molecular complexity index is 1740. The Hall–Kier alpha value is -1.28. The van der Waals surface area contributed by atoms with E-state index in [1.165, 1.54) is 269 Å². The largest absolute Gasteiger partial charge is 2.00 e. The molecule has 2 aromatic rings. The molecule has 2 unspecified atom stereocenters. The van der Waals surface area contributed by atoms with Gasteiger partial charge in [-0.15, -0.1) is 0 Å². The Balaban J connectivity index is 0.000000493. The fourth-order valence-corrected chi connectivity index (χ4v) is 12.0. The van der Waals surface area contributed by atoms with Gasteiger partial charge in [0, 0.05) is 0 Å². The van der Waals surface area contributed by atoms with E-state index in [1.54, 1.807) is 12.1 Å². The molecule has 4 N–H and O–H groups in total. The van der Waals surface area contributed by atoms with Crippen molar-refractivity contribution in [1.29, 1.82) is 0 Å². The molecule has 2 aromatic carbocycles. The first kappa shape index (κ1) is 67.8. The van der Waals surface area contributed by atoms with E-state index in [1.807, 2.05) is 12.1 Å². The Morgan fingerprint density at radius 1 is 0.329 bits per heavy atom. The first-order valence-corrected chi connectivity index (χ1v) is 33.1. The number of rotatable bonds is 46. The molecule has 4 rings (SSSR count). The predicted molar refractivity (Wildman–Crippen MR) is 311 cm³/mol. The molecule has 10 nitrogen and oxygen atoms in total. The van der Waals surface area contributed by atoms with Crippen LogP contribution in [0.5, 0.6) is 0 Å². The molecular formula is C60H106CaN4O6S2. The van der Waals surface area contributed by atoms with Gasteiger partial charge in [0.05, 0.1) is 44.9 Å². The minimum atomic E-state index is -4.46. The van der Waals surface area contributed by atoms with E-state index in [4.69, 9.17) is 0 Å². The quantitative estimate of drug-likeness (QED) is 0.0285. The molecule has 0 bridgehead atoms. The number of fused-ring (bicyclic) bond motifs is 2. The SMILES string of the molecule is CCCCCCCCCCCCCCCCCCCCCCCC1Nc2cccc(S(=O)(=O)[O-])c2N1.CCCCCCCCCCCCCCCCCCCCCCCC1Nc2cccc(S(=O)(=O)[O-])c2N1.[Ca+2]. The summed E-state index contributed by atoms with van der Waals surface area (Å²) in [4.78, 5) is -0.317. The van der Waals surface area contributed by atoms with E-state index in [-0.39, 0.29) is 59.9 Å². The van der Waals surface area contributed by atoms with E-state index >= 15 is 0 Å². The van der Waals surface area contributed by atoms with Crippen LogP contribution in [0.25, 0.3) is 0 Å². The Morgan fingerprint density at radius 2 is 0.534 bits per heavy atom. The van der Waals surface area contributed by atoms with Gasteiger partial charge in [-0.05, 0) is 49.9 Å². The molecule has 2 aliphatic heterocycles. The summed E-state index contributed by atoms with van der Waals surface area (Å²) >= 11 is 0. The smallest absolute Gasteiger partial charge is 0.744 e. The molecule has 2 atom stereocenters. The number of unbranched alkanes of at least 4 members (excludes halogenated alkanes) is 40. The maximum Gasteiger partial charge on any atom is 2.00 e. The normalized spacial score (nSPS) is 14.8. The van der Waals surface area contributed by atoms with Crippen molar-refractivity contribution in [3.8, 4) is 0 Å². The third-order valence-electron chi connectivity index (χ3n) is 15.1. The summed E-state index contributed by atoms with van der Waals surface area (Å²) in [7, 11) is -8.92. The van der Waals surface area contributed by atoms with Gasteiger partial charge in [-0.3, -0.25) is 0 Å². The fourth-order valence-electron chi connectivity index (χ4n) is 10.7. The van der Waals surface area contributed by atoms with E-state index in [2.05, 4.69) is 35.1 Å². The molecule has 73 heavy (non-hydrogen) atoms. The second-order valence-corrected chi connectivity index (χ2v) is 24.4. The summed E-state index contributed by atoms with van der Waals surface area (Å²) in [5.74, 6) is 0. The monoisotopic (exact) mass is 1080 g/mol. The van der Waals surface area contributed by atoms with Crippen molar-refractivity contribution < 1.29 is 25.9 Å². The first-order chi connectivity index (χ1) is 35.0. The van der Waals surface area contributed by atoms with Crippen molar-refractivity contribution in [1.82, 2.24) is 0 Å². The van der Waals surface area contributed by atoms with Crippen LogP contribution in [0.4, 0.5) is 22.7 Å².